The average Bonchev–Trinajstić information content (AvgIpc) is 2.29. The fourth-order valence-corrected chi connectivity index (χ4v) is 3.56. The number of ether oxygens (including phenoxy) is 1. The molecule has 2 rings (SSSR count). The number of hydrogen-bond acceptors (Lipinski definition) is 2. The van der Waals surface area contributed by atoms with Crippen LogP contribution in [0.4, 0.5) is 0 Å². The zero-order chi connectivity index (χ0) is 10.7. The molecule has 0 aromatic heterocycles. The molecule has 1 saturated heterocycles. The molecule has 1 aliphatic heterocycles. The maximum Gasteiger partial charge on any atom is 0.0589 e. The van der Waals surface area contributed by atoms with Gasteiger partial charge >= 0.3 is 0 Å². The van der Waals surface area contributed by atoms with E-state index in [4.69, 9.17) is 16.3 Å². The summed E-state index contributed by atoms with van der Waals surface area (Å²) in [7, 11) is 1.78. The molecule has 1 aliphatic carbocycles. The maximum atomic E-state index is 6.43. The van der Waals surface area contributed by atoms with E-state index in [0.717, 1.165) is 31.5 Å². The highest BCUT2D eigenvalue weighted by molar-refractivity contribution is 6.20. The monoisotopic (exact) mass is 231 g/mol. The Bertz CT molecular complexity index is 198. The van der Waals surface area contributed by atoms with Crippen molar-refractivity contribution in [2.75, 3.05) is 26.8 Å². The smallest absolute Gasteiger partial charge is 0.0589 e. The summed E-state index contributed by atoms with van der Waals surface area (Å²) in [5, 5.41) is 0.425. The highest BCUT2D eigenvalue weighted by atomic mass is 35.5. The normalized spacial score (nSPS) is 37.6. The summed E-state index contributed by atoms with van der Waals surface area (Å²) in [4.78, 5) is 2.60. The number of rotatable bonds is 3. The predicted octanol–water partition coefficient (Wildman–Crippen LogP) is 2.50. The molecule has 0 N–H and O–H groups in total. The Kier molecular flexibility index (Phi) is 4.30. The van der Waals surface area contributed by atoms with Crippen LogP contribution in [-0.4, -0.2) is 43.1 Å². The molecule has 0 radical (unpaired) electrons. The summed E-state index contributed by atoms with van der Waals surface area (Å²) in [5.74, 6) is 0.742. The van der Waals surface area contributed by atoms with Crippen molar-refractivity contribution in [3.8, 4) is 0 Å². The van der Waals surface area contributed by atoms with Gasteiger partial charge in [0.05, 0.1) is 6.61 Å². The van der Waals surface area contributed by atoms with Crippen molar-refractivity contribution in [1.29, 1.82) is 0 Å². The summed E-state index contributed by atoms with van der Waals surface area (Å²) < 4.78 is 5.18. The number of methoxy groups -OCH3 is 1. The number of fused-ring (bicyclic) bond motifs is 1. The van der Waals surface area contributed by atoms with Gasteiger partial charge in [-0.15, -0.1) is 11.6 Å². The minimum absolute atomic E-state index is 0.425. The molecule has 0 bridgehead atoms. The molecule has 2 aliphatic rings. The van der Waals surface area contributed by atoms with E-state index in [1.54, 1.807) is 7.11 Å². The number of hydrogen-bond donors (Lipinski definition) is 0. The van der Waals surface area contributed by atoms with Crippen molar-refractivity contribution in [3.63, 3.8) is 0 Å². The summed E-state index contributed by atoms with van der Waals surface area (Å²) in [5.41, 5.74) is 0. The van der Waals surface area contributed by atoms with Gasteiger partial charge in [0.25, 0.3) is 0 Å². The molecule has 2 fully saturated rings. The van der Waals surface area contributed by atoms with Gasteiger partial charge in [-0.1, -0.05) is 12.8 Å². The van der Waals surface area contributed by atoms with Gasteiger partial charge in [-0.3, -0.25) is 4.90 Å². The molecule has 1 heterocycles. The molecule has 0 aromatic carbocycles. The minimum Gasteiger partial charge on any atom is -0.383 e. The van der Waals surface area contributed by atoms with Gasteiger partial charge in [-0.05, 0) is 31.7 Å². The molecule has 1 saturated carbocycles. The largest absolute Gasteiger partial charge is 0.383 e. The Morgan fingerprint density at radius 3 is 2.87 bits per heavy atom. The van der Waals surface area contributed by atoms with E-state index >= 15 is 0 Å². The lowest BCUT2D eigenvalue weighted by atomic mass is 9.78. The van der Waals surface area contributed by atoms with Gasteiger partial charge in [0.15, 0.2) is 0 Å². The van der Waals surface area contributed by atoms with Crippen LogP contribution >= 0.6 is 11.6 Å². The van der Waals surface area contributed by atoms with E-state index in [1.165, 1.54) is 32.2 Å². The van der Waals surface area contributed by atoms with Crippen LogP contribution in [0.1, 0.15) is 32.1 Å². The van der Waals surface area contributed by atoms with Crippen LogP contribution in [0.15, 0.2) is 0 Å². The van der Waals surface area contributed by atoms with Gasteiger partial charge < -0.3 is 4.74 Å². The topological polar surface area (TPSA) is 12.5 Å². The molecule has 15 heavy (non-hydrogen) atoms. The van der Waals surface area contributed by atoms with E-state index in [-0.39, 0.29) is 0 Å². The highest BCUT2D eigenvalue weighted by Gasteiger charge is 2.37. The van der Waals surface area contributed by atoms with Crippen LogP contribution in [0.2, 0.25) is 0 Å². The Balaban J connectivity index is 1.94. The van der Waals surface area contributed by atoms with E-state index in [1.807, 2.05) is 0 Å². The van der Waals surface area contributed by atoms with Crippen molar-refractivity contribution >= 4 is 11.6 Å². The zero-order valence-corrected chi connectivity index (χ0v) is 10.4. The Morgan fingerprint density at radius 2 is 2.07 bits per heavy atom. The van der Waals surface area contributed by atoms with Crippen LogP contribution in [0, 0.1) is 5.92 Å². The summed E-state index contributed by atoms with van der Waals surface area (Å²) in [6.45, 7) is 3.11. The second kappa shape index (κ2) is 5.51. The van der Waals surface area contributed by atoms with Gasteiger partial charge in [0.1, 0.15) is 0 Å². The molecule has 88 valence electrons. The lowest BCUT2D eigenvalue weighted by Gasteiger charge is -2.46. The second-order valence-electron chi connectivity index (χ2n) is 4.85. The van der Waals surface area contributed by atoms with Gasteiger partial charge in [0, 0.05) is 25.1 Å². The average molecular weight is 232 g/mol. The lowest BCUT2D eigenvalue weighted by Crippen LogP contribution is -2.51. The van der Waals surface area contributed by atoms with Crippen LogP contribution in [0.25, 0.3) is 0 Å². The third-order valence-electron chi connectivity index (χ3n) is 3.99. The first-order valence-electron chi connectivity index (χ1n) is 6.20. The predicted molar refractivity (Wildman–Crippen MR) is 63.5 cm³/mol. The maximum absolute atomic E-state index is 6.43. The van der Waals surface area contributed by atoms with Crippen molar-refractivity contribution in [1.82, 2.24) is 4.90 Å². The fourth-order valence-electron chi connectivity index (χ4n) is 3.17. The van der Waals surface area contributed by atoms with Crippen LogP contribution < -0.4 is 0 Å². The Morgan fingerprint density at radius 1 is 1.27 bits per heavy atom. The molecule has 0 spiro atoms. The standard InChI is InChI=1S/C12H22ClNO/c1-15-9-8-14-7-6-11(13)10-4-2-3-5-12(10)14/h10-12H,2-9H2,1H3/t10-,11+,12+/m1/s1. The SMILES string of the molecule is COCCN1CC[C@H](Cl)[C@H]2CCCC[C@@H]21. The van der Waals surface area contributed by atoms with Gasteiger partial charge in [-0.25, -0.2) is 0 Å². The van der Waals surface area contributed by atoms with E-state index < -0.39 is 0 Å². The summed E-state index contributed by atoms with van der Waals surface area (Å²) >= 11 is 6.43. The molecule has 0 unspecified atom stereocenters. The molecule has 0 aromatic rings. The first-order valence-corrected chi connectivity index (χ1v) is 6.63. The summed E-state index contributed by atoms with van der Waals surface area (Å²) in [6.07, 6.45) is 6.60. The number of likely N-dealkylation sites (tertiary alicyclic amines) is 1. The van der Waals surface area contributed by atoms with Crippen molar-refractivity contribution in [2.24, 2.45) is 5.92 Å². The molecular weight excluding hydrogens is 210 g/mol. The fraction of sp³-hybridized carbons (Fsp3) is 1.00. The van der Waals surface area contributed by atoms with E-state index in [0.29, 0.717) is 5.38 Å². The Labute approximate surface area is 97.9 Å². The van der Waals surface area contributed by atoms with Crippen LogP contribution in [-0.2, 0) is 4.74 Å². The van der Waals surface area contributed by atoms with Crippen molar-refractivity contribution < 1.29 is 4.74 Å². The van der Waals surface area contributed by atoms with Crippen LogP contribution in [0.3, 0.4) is 0 Å². The molecule has 3 heteroatoms. The quantitative estimate of drug-likeness (QED) is 0.693. The van der Waals surface area contributed by atoms with Gasteiger partial charge in [-0.2, -0.15) is 0 Å². The van der Waals surface area contributed by atoms with Crippen molar-refractivity contribution in [2.45, 2.75) is 43.5 Å². The van der Waals surface area contributed by atoms with Gasteiger partial charge in [0.2, 0.25) is 0 Å². The Hall–Kier alpha value is 0.210. The number of halogens is 1. The van der Waals surface area contributed by atoms with Crippen LogP contribution in [0.5, 0.6) is 0 Å². The lowest BCUT2D eigenvalue weighted by molar-refractivity contribution is 0.0416. The van der Waals surface area contributed by atoms with Crippen molar-refractivity contribution in [3.05, 3.63) is 0 Å². The van der Waals surface area contributed by atoms with E-state index in [2.05, 4.69) is 4.90 Å². The number of alkyl halides is 1. The molecule has 2 nitrogen and oxygen atoms in total. The first-order chi connectivity index (χ1) is 7.33. The summed E-state index contributed by atoms with van der Waals surface area (Å²) in [6, 6.07) is 0.741. The first kappa shape index (κ1) is 11.7. The molecular formula is C12H22ClNO. The number of nitrogens with zero attached hydrogens (tertiary/aromatic N) is 1. The molecule has 3 atom stereocenters. The third kappa shape index (κ3) is 2.66. The minimum atomic E-state index is 0.425. The van der Waals surface area contributed by atoms with E-state index in [9.17, 15) is 0 Å². The number of piperidine rings is 1. The highest BCUT2D eigenvalue weighted by Crippen LogP contribution is 2.37. The zero-order valence-electron chi connectivity index (χ0n) is 9.62. The third-order valence-corrected chi connectivity index (χ3v) is 4.53. The second-order valence-corrected chi connectivity index (χ2v) is 5.41. The molecule has 0 amide bonds.